The Morgan fingerprint density at radius 3 is 2.34 bits per heavy atom. The maximum Gasteiger partial charge on any atom is 0.310 e. The molecule has 1 aromatic carbocycles. The maximum absolute atomic E-state index is 12.9. The van der Waals surface area contributed by atoms with Crippen LogP contribution in [-0.2, 0) is 18.3 Å². The Morgan fingerprint density at radius 2 is 1.78 bits per heavy atom. The number of hydrogen-bond donors (Lipinski definition) is 0. The van der Waals surface area contributed by atoms with E-state index in [9.17, 15) is 24.2 Å². The van der Waals surface area contributed by atoms with E-state index in [1.165, 1.54) is 11.0 Å². The molecule has 0 radical (unpaired) electrons. The van der Waals surface area contributed by atoms with Gasteiger partial charge in [0.2, 0.25) is 17.6 Å². The van der Waals surface area contributed by atoms with Crippen LogP contribution in [0.4, 0.5) is 19.4 Å². The number of nitrogens with zero attached hydrogens (tertiary/aromatic N) is 6. The molecule has 14 heteroatoms. The Kier molecular flexibility index (Phi) is 4.84. The third-order valence-corrected chi connectivity index (χ3v) is 6.47. The normalized spacial score (nSPS) is 17.8. The lowest BCUT2D eigenvalue weighted by atomic mass is 9.96. The summed E-state index contributed by atoms with van der Waals surface area (Å²) in [7, 11) is -8.03. The van der Waals surface area contributed by atoms with Crippen LogP contribution in [0.15, 0.2) is 40.0 Å². The van der Waals surface area contributed by atoms with Gasteiger partial charge in [-0.1, -0.05) is 24.6 Å². The molecule has 0 saturated carbocycles. The Labute approximate surface area is 179 Å². The molecule has 3 heterocycles. The molecule has 0 unspecified atom stereocenters. The summed E-state index contributed by atoms with van der Waals surface area (Å²) in [5.74, 6) is 0.662. The van der Waals surface area contributed by atoms with E-state index < -0.39 is 15.1 Å². The van der Waals surface area contributed by atoms with Gasteiger partial charge in [0, 0.05) is 31.6 Å². The van der Waals surface area contributed by atoms with Crippen molar-refractivity contribution in [2.45, 2.75) is 30.1 Å². The number of aryl methyl sites for hydroxylation is 1. The van der Waals surface area contributed by atoms with Crippen molar-refractivity contribution >= 4 is 16.1 Å². The zero-order chi connectivity index (χ0) is 23.2. The predicted octanol–water partition coefficient (Wildman–Crippen LogP) is 4.47. The second-order valence-electron chi connectivity index (χ2n) is 7.58. The van der Waals surface area contributed by atoms with E-state index in [1.54, 1.807) is 11.9 Å². The molecule has 0 atom stereocenters. The van der Waals surface area contributed by atoms with Crippen molar-refractivity contribution < 1.29 is 28.7 Å². The highest BCUT2D eigenvalue weighted by Gasteiger charge is 2.65. The van der Waals surface area contributed by atoms with E-state index in [0.29, 0.717) is 43.9 Å². The number of piperidine rings is 1. The summed E-state index contributed by atoms with van der Waals surface area (Å²) >= 11 is 0. The number of hydrogen-bond acceptors (Lipinski definition) is 6. The molecule has 32 heavy (non-hydrogen) atoms. The number of benzene rings is 1. The van der Waals surface area contributed by atoms with E-state index in [2.05, 4.69) is 20.2 Å². The van der Waals surface area contributed by atoms with Gasteiger partial charge >= 0.3 is 10.2 Å². The summed E-state index contributed by atoms with van der Waals surface area (Å²) in [6, 6.07) is 2.40. The predicted molar refractivity (Wildman–Crippen MR) is 104 cm³/mol. The standard InChI is InChI=1S/C18H19F5N6O2S/c1-28-15(24-11-25-28)10-16(30)29-8-6-13(7-9-29)18-26-17(27-31-18)12-2-4-14(5-3-12)32(19,20,21,22)23/h2-5,11,13H,6-10H2,1H3. The zero-order valence-electron chi connectivity index (χ0n) is 16.8. The third kappa shape index (κ3) is 4.74. The van der Waals surface area contributed by atoms with Crippen LogP contribution < -0.4 is 0 Å². The Morgan fingerprint density at radius 1 is 1.12 bits per heavy atom. The first kappa shape index (κ1) is 22.2. The van der Waals surface area contributed by atoms with Crippen LogP contribution in [0.5, 0.6) is 0 Å². The molecule has 8 nitrogen and oxygen atoms in total. The Hall–Kier alpha value is -3.03. The zero-order valence-corrected chi connectivity index (χ0v) is 17.6. The van der Waals surface area contributed by atoms with Gasteiger partial charge in [0.05, 0.1) is 6.42 Å². The number of likely N-dealkylation sites (tertiary alicyclic amines) is 1. The fourth-order valence-corrected chi connectivity index (χ4v) is 4.13. The van der Waals surface area contributed by atoms with Gasteiger partial charge in [0.15, 0.2) is 0 Å². The summed E-state index contributed by atoms with van der Waals surface area (Å²) in [4.78, 5) is 20.4. The van der Waals surface area contributed by atoms with Gasteiger partial charge in [0.25, 0.3) is 0 Å². The fraction of sp³-hybridized carbons (Fsp3) is 0.389. The summed E-state index contributed by atoms with van der Waals surface area (Å²) < 4.78 is 71.1. The molecule has 0 aliphatic carbocycles. The molecule has 0 N–H and O–H groups in total. The van der Waals surface area contributed by atoms with Crippen LogP contribution in [0.2, 0.25) is 0 Å². The van der Waals surface area contributed by atoms with Gasteiger partial charge in [-0.05, 0) is 37.1 Å². The van der Waals surface area contributed by atoms with E-state index in [0.717, 1.165) is 12.1 Å². The van der Waals surface area contributed by atoms with Gasteiger partial charge in [-0.15, -0.1) is 0 Å². The molecule has 1 amide bonds. The van der Waals surface area contributed by atoms with Gasteiger partial charge in [-0.2, -0.15) is 10.1 Å². The molecule has 3 aromatic rings. The van der Waals surface area contributed by atoms with Crippen LogP contribution in [0.25, 0.3) is 11.4 Å². The second-order valence-corrected chi connectivity index (χ2v) is 9.99. The van der Waals surface area contributed by atoms with Crippen molar-refractivity contribution in [1.29, 1.82) is 0 Å². The molecule has 0 spiro atoms. The molecule has 2 aromatic heterocycles. The fourth-order valence-electron chi connectivity index (χ4n) is 3.48. The van der Waals surface area contributed by atoms with Crippen molar-refractivity contribution in [2.75, 3.05) is 13.1 Å². The minimum atomic E-state index is -9.73. The van der Waals surface area contributed by atoms with Crippen LogP contribution in [0.3, 0.4) is 0 Å². The number of carbonyl (C=O) groups is 1. The molecular formula is C18H19F5N6O2S. The number of carbonyl (C=O) groups excluding carboxylic acids is 1. The van der Waals surface area contributed by atoms with E-state index in [-0.39, 0.29) is 35.5 Å². The van der Waals surface area contributed by atoms with Crippen LogP contribution in [-0.4, -0.2) is 48.8 Å². The van der Waals surface area contributed by atoms with Crippen LogP contribution in [0, 0.1) is 0 Å². The average molecular weight is 478 g/mol. The minimum Gasteiger partial charge on any atom is -0.342 e. The van der Waals surface area contributed by atoms with E-state index >= 15 is 0 Å². The quantitative estimate of drug-likeness (QED) is 0.503. The molecule has 0 bridgehead atoms. The monoisotopic (exact) mass is 478 g/mol. The van der Waals surface area contributed by atoms with Gasteiger partial charge in [-0.25, -0.2) is 4.98 Å². The molecule has 4 rings (SSSR count). The Balaban J connectivity index is 1.39. The first-order valence-corrected chi connectivity index (χ1v) is 11.5. The highest BCUT2D eigenvalue weighted by Crippen LogP contribution is 3.02. The van der Waals surface area contributed by atoms with E-state index in [1.807, 2.05) is 0 Å². The molecule has 1 saturated heterocycles. The van der Waals surface area contributed by atoms with Gasteiger partial charge in [0.1, 0.15) is 17.0 Å². The molecular weight excluding hydrogens is 459 g/mol. The third-order valence-electron chi connectivity index (χ3n) is 5.31. The lowest BCUT2D eigenvalue weighted by molar-refractivity contribution is -0.131. The highest BCUT2D eigenvalue weighted by atomic mass is 32.5. The maximum atomic E-state index is 12.9. The van der Waals surface area contributed by atoms with Crippen molar-refractivity contribution in [3.05, 3.63) is 42.3 Å². The molecule has 174 valence electrons. The summed E-state index contributed by atoms with van der Waals surface area (Å²) in [6.45, 7) is 0.940. The number of rotatable bonds is 5. The van der Waals surface area contributed by atoms with Crippen molar-refractivity contribution in [2.24, 2.45) is 7.05 Å². The lowest BCUT2D eigenvalue weighted by Crippen LogP contribution is -2.39. The minimum absolute atomic E-state index is 0.00879. The molecule has 1 fully saturated rings. The smallest absolute Gasteiger partial charge is 0.310 e. The average Bonchev–Trinajstić information content (AvgIpc) is 3.36. The van der Waals surface area contributed by atoms with Crippen LogP contribution in [0.1, 0.15) is 30.5 Å². The lowest BCUT2D eigenvalue weighted by Gasteiger charge is -2.40. The summed E-state index contributed by atoms with van der Waals surface area (Å²) in [5.41, 5.74) is 0.127. The largest absolute Gasteiger partial charge is 0.342 e. The van der Waals surface area contributed by atoms with E-state index in [4.69, 9.17) is 4.52 Å². The van der Waals surface area contributed by atoms with Gasteiger partial charge in [-0.3, -0.25) is 9.48 Å². The first-order valence-electron chi connectivity index (χ1n) is 9.59. The molecule has 1 aliphatic heterocycles. The van der Waals surface area contributed by atoms with Crippen molar-refractivity contribution in [3.8, 4) is 11.4 Å². The van der Waals surface area contributed by atoms with Crippen LogP contribution >= 0.6 is 10.2 Å². The first-order chi connectivity index (χ1) is 14.8. The number of aromatic nitrogens is 5. The SMILES string of the molecule is Cn1ncnc1CC(=O)N1CCC(c2nc(-c3ccc(S(F)(F)(F)(F)F)cc3)no2)CC1. The van der Waals surface area contributed by atoms with Crippen molar-refractivity contribution in [1.82, 2.24) is 29.8 Å². The summed E-state index contributed by atoms with van der Waals surface area (Å²) in [5, 5.41) is 7.69. The number of halogens is 5. The van der Waals surface area contributed by atoms with Crippen molar-refractivity contribution in [3.63, 3.8) is 0 Å². The topological polar surface area (TPSA) is 89.9 Å². The second kappa shape index (κ2) is 6.98. The highest BCUT2D eigenvalue weighted by molar-refractivity contribution is 8.45. The summed E-state index contributed by atoms with van der Waals surface area (Å²) in [6.07, 6.45) is 2.65. The Bertz CT molecular complexity index is 1140. The molecule has 1 aliphatic rings. The number of amides is 1. The van der Waals surface area contributed by atoms with Gasteiger partial charge < -0.3 is 9.42 Å².